The predicted molar refractivity (Wildman–Crippen MR) is 77.0 cm³/mol. The molecular weight excluding hydrogens is 254 g/mol. The number of likely N-dealkylation sites (N-methyl/N-ethyl adjacent to an activating group) is 1. The van der Waals surface area contributed by atoms with E-state index in [1.54, 1.807) is 17.1 Å². The Hall–Kier alpha value is -2.21. The SMILES string of the molecule is CNC(C)CNC(=O)c1ccc(-n2cncn2)c(C)c1. The van der Waals surface area contributed by atoms with E-state index in [1.807, 2.05) is 33.0 Å². The summed E-state index contributed by atoms with van der Waals surface area (Å²) in [7, 11) is 1.87. The van der Waals surface area contributed by atoms with Crippen LogP contribution in [0.5, 0.6) is 0 Å². The fraction of sp³-hybridized carbons (Fsp3) is 0.357. The van der Waals surface area contributed by atoms with Crippen LogP contribution in [-0.2, 0) is 0 Å². The third kappa shape index (κ3) is 3.21. The number of carbonyl (C=O) groups is 1. The zero-order valence-electron chi connectivity index (χ0n) is 11.9. The first-order chi connectivity index (χ1) is 9.61. The minimum Gasteiger partial charge on any atom is -0.350 e. The molecule has 2 aromatic rings. The summed E-state index contributed by atoms with van der Waals surface area (Å²) in [5.41, 5.74) is 2.54. The highest BCUT2D eigenvalue weighted by atomic mass is 16.1. The third-order valence-corrected chi connectivity index (χ3v) is 3.19. The standard InChI is InChI=1S/C14H19N5O/c1-10-6-12(14(20)17-7-11(2)15-3)4-5-13(10)19-9-16-8-18-19/h4-6,8-9,11,15H,7H2,1-3H3,(H,17,20). The van der Waals surface area contributed by atoms with Gasteiger partial charge in [-0.3, -0.25) is 4.79 Å². The van der Waals surface area contributed by atoms with Crippen LogP contribution in [0, 0.1) is 6.92 Å². The van der Waals surface area contributed by atoms with E-state index in [9.17, 15) is 4.79 Å². The van der Waals surface area contributed by atoms with E-state index in [4.69, 9.17) is 0 Å². The normalized spacial score (nSPS) is 12.2. The number of hydrogen-bond donors (Lipinski definition) is 2. The van der Waals surface area contributed by atoms with Crippen LogP contribution in [0.25, 0.3) is 5.69 Å². The molecule has 0 radical (unpaired) electrons. The van der Waals surface area contributed by atoms with Crippen LogP contribution in [0.4, 0.5) is 0 Å². The van der Waals surface area contributed by atoms with Crippen molar-refractivity contribution in [2.45, 2.75) is 19.9 Å². The number of aromatic nitrogens is 3. The Balaban J connectivity index is 2.11. The van der Waals surface area contributed by atoms with Crippen LogP contribution in [-0.4, -0.2) is 40.3 Å². The topological polar surface area (TPSA) is 71.8 Å². The number of nitrogens with zero attached hydrogens (tertiary/aromatic N) is 3. The highest BCUT2D eigenvalue weighted by Crippen LogP contribution is 2.14. The first-order valence-electron chi connectivity index (χ1n) is 6.53. The Kier molecular flexibility index (Phi) is 4.47. The largest absolute Gasteiger partial charge is 0.350 e. The number of amides is 1. The maximum atomic E-state index is 12.0. The molecule has 2 rings (SSSR count). The molecule has 1 aromatic heterocycles. The van der Waals surface area contributed by atoms with Gasteiger partial charge in [0, 0.05) is 18.2 Å². The first-order valence-corrected chi connectivity index (χ1v) is 6.53. The van der Waals surface area contributed by atoms with Crippen LogP contribution in [0.1, 0.15) is 22.8 Å². The van der Waals surface area contributed by atoms with Gasteiger partial charge in [-0.2, -0.15) is 5.10 Å². The van der Waals surface area contributed by atoms with Crippen molar-refractivity contribution >= 4 is 5.91 Å². The van der Waals surface area contributed by atoms with E-state index in [0.717, 1.165) is 11.3 Å². The summed E-state index contributed by atoms with van der Waals surface area (Å²) in [5, 5.41) is 10.1. The van der Waals surface area contributed by atoms with E-state index < -0.39 is 0 Å². The summed E-state index contributed by atoms with van der Waals surface area (Å²) in [5.74, 6) is -0.0691. The lowest BCUT2D eigenvalue weighted by molar-refractivity contribution is 0.0950. The molecule has 0 saturated heterocycles. The monoisotopic (exact) mass is 273 g/mol. The molecule has 20 heavy (non-hydrogen) atoms. The molecule has 0 aliphatic carbocycles. The van der Waals surface area contributed by atoms with Gasteiger partial charge in [0.1, 0.15) is 12.7 Å². The summed E-state index contributed by atoms with van der Waals surface area (Å²) in [6, 6.07) is 5.77. The van der Waals surface area contributed by atoms with Crippen molar-refractivity contribution in [1.82, 2.24) is 25.4 Å². The number of hydrogen-bond acceptors (Lipinski definition) is 4. The van der Waals surface area contributed by atoms with Gasteiger partial charge in [-0.05, 0) is 44.7 Å². The van der Waals surface area contributed by atoms with Gasteiger partial charge in [0.2, 0.25) is 0 Å². The minimum absolute atomic E-state index is 0.0691. The molecule has 1 atom stereocenters. The second-order valence-corrected chi connectivity index (χ2v) is 4.74. The van der Waals surface area contributed by atoms with Gasteiger partial charge >= 0.3 is 0 Å². The number of rotatable bonds is 5. The summed E-state index contributed by atoms with van der Waals surface area (Å²) in [6.45, 7) is 4.56. The highest BCUT2D eigenvalue weighted by molar-refractivity contribution is 5.94. The quantitative estimate of drug-likeness (QED) is 0.849. The maximum absolute atomic E-state index is 12.0. The van der Waals surface area contributed by atoms with E-state index in [-0.39, 0.29) is 11.9 Å². The lowest BCUT2D eigenvalue weighted by Gasteiger charge is -2.12. The number of nitrogens with one attached hydrogen (secondary N) is 2. The van der Waals surface area contributed by atoms with Crippen molar-refractivity contribution in [3.63, 3.8) is 0 Å². The Morgan fingerprint density at radius 1 is 1.45 bits per heavy atom. The van der Waals surface area contributed by atoms with Crippen LogP contribution in [0.3, 0.4) is 0 Å². The molecule has 1 unspecified atom stereocenters. The molecule has 0 fully saturated rings. The van der Waals surface area contributed by atoms with Gasteiger partial charge in [-0.1, -0.05) is 0 Å². The average Bonchev–Trinajstić information content (AvgIpc) is 2.98. The molecule has 2 N–H and O–H groups in total. The van der Waals surface area contributed by atoms with Crippen molar-refractivity contribution in [3.8, 4) is 5.69 Å². The van der Waals surface area contributed by atoms with Gasteiger partial charge < -0.3 is 10.6 Å². The van der Waals surface area contributed by atoms with Gasteiger partial charge in [-0.25, -0.2) is 9.67 Å². The molecule has 1 heterocycles. The molecule has 0 spiro atoms. The zero-order valence-corrected chi connectivity index (χ0v) is 11.9. The van der Waals surface area contributed by atoms with Crippen molar-refractivity contribution < 1.29 is 4.79 Å². The average molecular weight is 273 g/mol. The predicted octanol–water partition coefficient (Wildman–Crippen LogP) is 0.913. The molecule has 0 saturated carbocycles. The van der Waals surface area contributed by atoms with Crippen LogP contribution in [0.2, 0.25) is 0 Å². The summed E-state index contributed by atoms with van der Waals surface area (Å²) in [6.07, 6.45) is 3.12. The van der Waals surface area contributed by atoms with Crippen molar-refractivity contribution in [3.05, 3.63) is 42.0 Å². The Bertz CT molecular complexity index is 579. The van der Waals surface area contributed by atoms with E-state index >= 15 is 0 Å². The van der Waals surface area contributed by atoms with Gasteiger partial charge in [-0.15, -0.1) is 0 Å². The number of carbonyl (C=O) groups excluding carboxylic acids is 1. The fourth-order valence-electron chi connectivity index (χ4n) is 1.84. The Morgan fingerprint density at radius 3 is 2.85 bits per heavy atom. The van der Waals surface area contributed by atoms with Gasteiger partial charge in [0.15, 0.2) is 0 Å². The fourth-order valence-corrected chi connectivity index (χ4v) is 1.84. The van der Waals surface area contributed by atoms with Crippen LogP contribution < -0.4 is 10.6 Å². The number of aryl methyl sites for hydroxylation is 1. The highest BCUT2D eigenvalue weighted by Gasteiger charge is 2.09. The molecule has 0 aliphatic rings. The van der Waals surface area contributed by atoms with Crippen LogP contribution >= 0.6 is 0 Å². The van der Waals surface area contributed by atoms with Gasteiger partial charge in [0.05, 0.1) is 5.69 Å². The molecule has 6 nitrogen and oxygen atoms in total. The zero-order chi connectivity index (χ0) is 14.5. The molecule has 106 valence electrons. The van der Waals surface area contributed by atoms with E-state index in [2.05, 4.69) is 20.7 Å². The van der Waals surface area contributed by atoms with Gasteiger partial charge in [0.25, 0.3) is 5.91 Å². The molecule has 6 heteroatoms. The smallest absolute Gasteiger partial charge is 0.251 e. The van der Waals surface area contributed by atoms with Crippen molar-refractivity contribution in [2.24, 2.45) is 0 Å². The molecule has 0 bridgehead atoms. The second kappa shape index (κ2) is 6.29. The Morgan fingerprint density at radius 2 is 2.25 bits per heavy atom. The van der Waals surface area contributed by atoms with E-state index in [1.165, 1.54) is 6.33 Å². The first kappa shape index (κ1) is 14.2. The van der Waals surface area contributed by atoms with Crippen molar-refractivity contribution in [2.75, 3.05) is 13.6 Å². The third-order valence-electron chi connectivity index (χ3n) is 3.19. The molecular formula is C14H19N5O. The maximum Gasteiger partial charge on any atom is 0.251 e. The summed E-state index contributed by atoms with van der Waals surface area (Å²) in [4.78, 5) is 16.0. The number of benzene rings is 1. The molecule has 1 amide bonds. The summed E-state index contributed by atoms with van der Waals surface area (Å²) >= 11 is 0. The molecule has 1 aromatic carbocycles. The van der Waals surface area contributed by atoms with E-state index in [0.29, 0.717) is 12.1 Å². The Labute approximate surface area is 118 Å². The second-order valence-electron chi connectivity index (χ2n) is 4.74. The lowest BCUT2D eigenvalue weighted by atomic mass is 10.1. The minimum atomic E-state index is -0.0691. The van der Waals surface area contributed by atoms with Crippen molar-refractivity contribution in [1.29, 1.82) is 0 Å². The van der Waals surface area contributed by atoms with Crippen LogP contribution in [0.15, 0.2) is 30.9 Å². The summed E-state index contributed by atoms with van der Waals surface area (Å²) < 4.78 is 1.68. The molecule has 0 aliphatic heterocycles. The lowest BCUT2D eigenvalue weighted by Crippen LogP contribution is -2.37.